The minimum absolute atomic E-state index is 0.295. The van der Waals surface area contributed by atoms with E-state index in [4.69, 9.17) is 10.5 Å². The van der Waals surface area contributed by atoms with Crippen LogP contribution in [0.3, 0.4) is 0 Å². The fourth-order valence-corrected chi connectivity index (χ4v) is 2.57. The third-order valence-corrected chi connectivity index (χ3v) is 3.77. The highest BCUT2D eigenvalue weighted by molar-refractivity contribution is 5.96. The molecule has 19 heavy (non-hydrogen) atoms. The summed E-state index contributed by atoms with van der Waals surface area (Å²) in [5.74, 6) is 0.895. The molecular formula is C15H19N3O. The standard InChI is InChI=1S/C15H19N3O/c1-18-8-5-11(6-9-18)19-15-3-2-14(16)12-4-7-17-10-13(12)15/h2-4,7,10-11H,5-6,8-9,16H2,1H3. The smallest absolute Gasteiger partial charge is 0.129 e. The van der Waals surface area contributed by atoms with Gasteiger partial charge < -0.3 is 15.4 Å². The van der Waals surface area contributed by atoms with Crippen LogP contribution in [0.4, 0.5) is 5.69 Å². The number of ether oxygens (including phenoxy) is 1. The molecule has 1 aromatic carbocycles. The van der Waals surface area contributed by atoms with Crippen molar-refractivity contribution in [2.24, 2.45) is 0 Å². The van der Waals surface area contributed by atoms with Crippen LogP contribution in [0.1, 0.15) is 12.8 Å². The number of rotatable bonds is 2. The van der Waals surface area contributed by atoms with Gasteiger partial charge in [0.2, 0.25) is 0 Å². The quantitative estimate of drug-likeness (QED) is 0.839. The Bertz CT molecular complexity index is 577. The Morgan fingerprint density at radius 1 is 1.21 bits per heavy atom. The Kier molecular flexibility index (Phi) is 3.25. The third-order valence-electron chi connectivity index (χ3n) is 3.77. The SMILES string of the molecule is CN1CCC(Oc2ccc(N)c3ccncc23)CC1. The Balaban J connectivity index is 1.87. The van der Waals surface area contributed by atoms with Gasteiger partial charge >= 0.3 is 0 Å². The first-order valence-corrected chi connectivity index (χ1v) is 6.71. The summed E-state index contributed by atoms with van der Waals surface area (Å²) >= 11 is 0. The summed E-state index contributed by atoms with van der Waals surface area (Å²) in [4.78, 5) is 6.51. The summed E-state index contributed by atoms with van der Waals surface area (Å²) in [5.41, 5.74) is 6.76. The first-order chi connectivity index (χ1) is 9.24. The van der Waals surface area contributed by atoms with Crippen LogP contribution in [-0.2, 0) is 0 Å². The Morgan fingerprint density at radius 3 is 2.79 bits per heavy atom. The number of benzene rings is 1. The van der Waals surface area contributed by atoms with Gasteiger partial charge in [0, 0.05) is 41.9 Å². The zero-order valence-electron chi connectivity index (χ0n) is 11.2. The van der Waals surface area contributed by atoms with Crippen molar-refractivity contribution in [1.29, 1.82) is 0 Å². The summed E-state index contributed by atoms with van der Waals surface area (Å²) in [7, 11) is 2.15. The van der Waals surface area contributed by atoms with Crippen LogP contribution < -0.4 is 10.5 Å². The van der Waals surface area contributed by atoms with Crippen molar-refractivity contribution in [2.45, 2.75) is 18.9 Å². The topological polar surface area (TPSA) is 51.4 Å². The molecule has 0 radical (unpaired) electrons. The van der Waals surface area contributed by atoms with Gasteiger partial charge in [-0.3, -0.25) is 4.98 Å². The molecule has 1 fully saturated rings. The Hall–Kier alpha value is -1.81. The van der Waals surface area contributed by atoms with E-state index in [1.807, 2.05) is 24.4 Å². The first-order valence-electron chi connectivity index (χ1n) is 6.71. The van der Waals surface area contributed by atoms with Crippen molar-refractivity contribution < 1.29 is 4.74 Å². The van der Waals surface area contributed by atoms with E-state index < -0.39 is 0 Å². The van der Waals surface area contributed by atoms with Crippen LogP contribution in [0.5, 0.6) is 5.75 Å². The molecular weight excluding hydrogens is 238 g/mol. The highest BCUT2D eigenvalue weighted by Crippen LogP contribution is 2.31. The molecule has 3 rings (SSSR count). The zero-order chi connectivity index (χ0) is 13.2. The summed E-state index contributed by atoms with van der Waals surface area (Å²) in [6.07, 6.45) is 6.03. The van der Waals surface area contributed by atoms with Crippen molar-refractivity contribution in [3.05, 3.63) is 30.6 Å². The lowest BCUT2D eigenvalue weighted by Crippen LogP contribution is -2.35. The number of nitrogen functional groups attached to an aromatic ring is 1. The van der Waals surface area contributed by atoms with E-state index in [1.165, 1.54) is 0 Å². The molecule has 0 amide bonds. The van der Waals surface area contributed by atoms with Gasteiger partial charge in [-0.25, -0.2) is 0 Å². The summed E-state index contributed by atoms with van der Waals surface area (Å²) in [5, 5.41) is 2.02. The summed E-state index contributed by atoms with van der Waals surface area (Å²) < 4.78 is 6.15. The van der Waals surface area contributed by atoms with E-state index in [2.05, 4.69) is 16.9 Å². The second kappa shape index (κ2) is 5.05. The average Bonchev–Trinajstić information content (AvgIpc) is 2.45. The highest BCUT2D eigenvalue weighted by Gasteiger charge is 2.19. The largest absolute Gasteiger partial charge is 0.490 e. The van der Waals surface area contributed by atoms with E-state index in [1.54, 1.807) is 6.20 Å². The molecule has 0 aliphatic carbocycles. The number of fused-ring (bicyclic) bond motifs is 1. The molecule has 4 heteroatoms. The maximum atomic E-state index is 6.15. The van der Waals surface area contributed by atoms with Crippen LogP contribution in [0.25, 0.3) is 10.8 Å². The van der Waals surface area contributed by atoms with Gasteiger partial charge in [0.25, 0.3) is 0 Å². The van der Waals surface area contributed by atoms with Gasteiger partial charge in [-0.05, 0) is 38.1 Å². The minimum atomic E-state index is 0.295. The zero-order valence-corrected chi connectivity index (χ0v) is 11.2. The van der Waals surface area contributed by atoms with E-state index in [0.29, 0.717) is 6.10 Å². The van der Waals surface area contributed by atoms with E-state index in [0.717, 1.165) is 48.1 Å². The van der Waals surface area contributed by atoms with E-state index >= 15 is 0 Å². The van der Waals surface area contributed by atoms with E-state index in [9.17, 15) is 0 Å². The van der Waals surface area contributed by atoms with Crippen LogP contribution in [-0.4, -0.2) is 36.1 Å². The van der Waals surface area contributed by atoms with Gasteiger partial charge in [-0.1, -0.05) is 0 Å². The fraction of sp³-hybridized carbons (Fsp3) is 0.400. The number of aromatic nitrogens is 1. The third kappa shape index (κ3) is 2.49. The van der Waals surface area contributed by atoms with Crippen molar-refractivity contribution in [1.82, 2.24) is 9.88 Å². The normalized spacial score (nSPS) is 17.7. The number of pyridine rings is 1. The van der Waals surface area contributed by atoms with Crippen molar-refractivity contribution >= 4 is 16.5 Å². The van der Waals surface area contributed by atoms with Gasteiger partial charge in [-0.15, -0.1) is 0 Å². The molecule has 0 saturated carbocycles. The Labute approximate surface area is 113 Å². The van der Waals surface area contributed by atoms with Crippen molar-refractivity contribution in [2.75, 3.05) is 25.9 Å². The summed E-state index contributed by atoms with van der Waals surface area (Å²) in [6.45, 7) is 2.19. The number of nitrogens with two attached hydrogens (primary N) is 1. The van der Waals surface area contributed by atoms with Crippen molar-refractivity contribution in [3.63, 3.8) is 0 Å². The molecule has 2 aromatic rings. The molecule has 0 unspecified atom stereocenters. The molecule has 100 valence electrons. The lowest BCUT2D eigenvalue weighted by Gasteiger charge is -2.29. The average molecular weight is 257 g/mol. The maximum absolute atomic E-state index is 6.15. The first kappa shape index (κ1) is 12.2. The maximum Gasteiger partial charge on any atom is 0.129 e. The van der Waals surface area contributed by atoms with Crippen molar-refractivity contribution in [3.8, 4) is 5.75 Å². The number of piperidine rings is 1. The Morgan fingerprint density at radius 2 is 2.00 bits per heavy atom. The van der Waals surface area contributed by atoms with Crippen LogP contribution in [0, 0.1) is 0 Å². The van der Waals surface area contributed by atoms with Crippen LogP contribution >= 0.6 is 0 Å². The lowest BCUT2D eigenvalue weighted by molar-refractivity contribution is 0.116. The summed E-state index contributed by atoms with van der Waals surface area (Å²) in [6, 6.07) is 5.80. The number of anilines is 1. The molecule has 1 aromatic heterocycles. The highest BCUT2D eigenvalue weighted by atomic mass is 16.5. The number of nitrogens with zero attached hydrogens (tertiary/aromatic N) is 2. The molecule has 0 bridgehead atoms. The second-order valence-electron chi connectivity index (χ2n) is 5.19. The number of likely N-dealkylation sites (tertiary alicyclic amines) is 1. The van der Waals surface area contributed by atoms with E-state index in [-0.39, 0.29) is 0 Å². The molecule has 4 nitrogen and oxygen atoms in total. The van der Waals surface area contributed by atoms with Crippen LogP contribution in [0.15, 0.2) is 30.6 Å². The predicted molar refractivity (Wildman–Crippen MR) is 77.3 cm³/mol. The molecule has 2 N–H and O–H groups in total. The molecule has 0 atom stereocenters. The fourth-order valence-electron chi connectivity index (χ4n) is 2.57. The van der Waals surface area contributed by atoms with Gasteiger partial charge in [0.05, 0.1) is 0 Å². The van der Waals surface area contributed by atoms with Crippen LogP contribution in [0.2, 0.25) is 0 Å². The van der Waals surface area contributed by atoms with Gasteiger partial charge in [0.1, 0.15) is 11.9 Å². The number of hydrogen-bond acceptors (Lipinski definition) is 4. The predicted octanol–water partition coefficient (Wildman–Crippen LogP) is 2.29. The number of hydrogen-bond donors (Lipinski definition) is 1. The van der Waals surface area contributed by atoms with Gasteiger partial charge in [-0.2, -0.15) is 0 Å². The molecule has 1 aliphatic heterocycles. The van der Waals surface area contributed by atoms with Gasteiger partial charge in [0.15, 0.2) is 0 Å². The monoisotopic (exact) mass is 257 g/mol. The molecule has 1 aliphatic rings. The lowest BCUT2D eigenvalue weighted by atomic mass is 10.1. The molecule has 1 saturated heterocycles. The minimum Gasteiger partial charge on any atom is -0.490 e. The molecule has 2 heterocycles. The second-order valence-corrected chi connectivity index (χ2v) is 5.19. The molecule has 0 spiro atoms.